The van der Waals surface area contributed by atoms with Gasteiger partial charge in [0, 0.05) is 19.6 Å². The van der Waals surface area contributed by atoms with Gasteiger partial charge in [0.1, 0.15) is 6.61 Å². The number of aliphatic hydroxyl groups is 1. The Balaban J connectivity index is 4.12. The number of ether oxygens (including phenoxy) is 2. The maximum absolute atomic E-state index is 10.7. The Kier molecular flexibility index (Phi) is 4.54. The summed E-state index contributed by atoms with van der Waals surface area (Å²) in [5, 5.41) is 8.82. The second-order valence-corrected chi connectivity index (χ2v) is 2.35. The smallest absolute Gasteiger partial charge is 0.332 e. The van der Waals surface area contributed by atoms with Crippen molar-refractivity contribution in [2.45, 2.75) is 19.6 Å². The highest BCUT2D eigenvalue weighted by atomic mass is 16.7. The third-order valence-electron chi connectivity index (χ3n) is 1.22. The summed E-state index contributed by atoms with van der Waals surface area (Å²) >= 11 is 0. The molecular weight excluding hydrogens is 160 g/mol. The van der Waals surface area contributed by atoms with E-state index in [1.807, 2.05) is 0 Å². The van der Waals surface area contributed by atoms with E-state index in [0.29, 0.717) is 6.61 Å². The number of carbonyl (C=O) groups excluding carboxylic acids is 1. The summed E-state index contributed by atoms with van der Waals surface area (Å²) in [6.45, 7) is 6.45. The van der Waals surface area contributed by atoms with Gasteiger partial charge in [0.15, 0.2) is 0 Å². The van der Waals surface area contributed by atoms with Crippen molar-refractivity contribution in [1.82, 2.24) is 0 Å². The molecule has 0 aliphatic carbocycles. The number of hydrogen-bond acceptors (Lipinski definition) is 4. The maximum Gasteiger partial charge on any atom is 0.332 e. The van der Waals surface area contributed by atoms with E-state index in [2.05, 4.69) is 6.58 Å². The van der Waals surface area contributed by atoms with Crippen LogP contribution in [-0.2, 0) is 14.3 Å². The second-order valence-electron chi connectivity index (χ2n) is 2.35. The zero-order valence-corrected chi connectivity index (χ0v) is 7.37. The van der Waals surface area contributed by atoms with Crippen molar-refractivity contribution >= 4 is 5.97 Å². The van der Waals surface area contributed by atoms with Crippen molar-refractivity contribution in [2.75, 3.05) is 13.2 Å². The largest absolute Gasteiger partial charge is 0.428 e. The van der Waals surface area contributed by atoms with Crippen LogP contribution in [0.1, 0.15) is 13.8 Å². The number of carbonyl (C=O) groups is 1. The molecule has 0 radical (unpaired) electrons. The molecule has 0 aliphatic rings. The van der Waals surface area contributed by atoms with Gasteiger partial charge in [-0.25, -0.2) is 4.79 Å². The van der Waals surface area contributed by atoms with E-state index in [-0.39, 0.29) is 6.61 Å². The molecular formula is C8H14O4. The first kappa shape index (κ1) is 11.1. The zero-order valence-electron chi connectivity index (χ0n) is 7.37. The van der Waals surface area contributed by atoms with Crippen LogP contribution < -0.4 is 0 Å². The average Bonchev–Trinajstić information content (AvgIpc) is 2.05. The molecule has 0 amide bonds. The Morgan fingerprint density at radius 2 is 2.33 bits per heavy atom. The first-order chi connectivity index (χ1) is 5.58. The normalized spacial score (nSPS) is 14.9. The molecule has 4 heteroatoms. The van der Waals surface area contributed by atoms with E-state index in [0.717, 1.165) is 6.08 Å². The van der Waals surface area contributed by atoms with Crippen LogP contribution in [-0.4, -0.2) is 30.1 Å². The lowest BCUT2D eigenvalue weighted by atomic mass is 10.3. The molecule has 1 atom stereocenters. The van der Waals surface area contributed by atoms with E-state index in [4.69, 9.17) is 14.6 Å². The van der Waals surface area contributed by atoms with Crippen molar-refractivity contribution in [3.63, 3.8) is 0 Å². The van der Waals surface area contributed by atoms with Gasteiger partial charge in [0.25, 0.3) is 0 Å². The third-order valence-corrected chi connectivity index (χ3v) is 1.22. The van der Waals surface area contributed by atoms with Gasteiger partial charge in [-0.3, -0.25) is 0 Å². The van der Waals surface area contributed by atoms with Crippen molar-refractivity contribution in [3.05, 3.63) is 12.7 Å². The average molecular weight is 174 g/mol. The monoisotopic (exact) mass is 174 g/mol. The van der Waals surface area contributed by atoms with Crippen LogP contribution in [0, 0.1) is 0 Å². The van der Waals surface area contributed by atoms with Crippen LogP contribution in [0.25, 0.3) is 0 Å². The van der Waals surface area contributed by atoms with Gasteiger partial charge >= 0.3 is 5.97 Å². The van der Waals surface area contributed by atoms with Crippen LogP contribution in [0.4, 0.5) is 0 Å². The van der Waals surface area contributed by atoms with E-state index in [9.17, 15) is 4.79 Å². The summed E-state index contributed by atoms with van der Waals surface area (Å²) in [6.07, 6.45) is 1.02. The predicted octanol–water partition coefficient (Wildman–Crippen LogP) is 0.461. The molecule has 0 aliphatic heterocycles. The fourth-order valence-corrected chi connectivity index (χ4v) is 0.667. The lowest BCUT2D eigenvalue weighted by molar-refractivity contribution is -0.231. The van der Waals surface area contributed by atoms with Crippen LogP contribution in [0.3, 0.4) is 0 Å². The Morgan fingerprint density at radius 3 is 2.67 bits per heavy atom. The molecule has 0 saturated carbocycles. The first-order valence-electron chi connectivity index (χ1n) is 3.68. The SMILES string of the molecule is C=CC(=O)OC(C)(CO)OCC. The molecule has 0 aromatic heterocycles. The maximum atomic E-state index is 10.7. The molecule has 0 heterocycles. The summed E-state index contributed by atoms with van der Waals surface area (Å²) in [6, 6.07) is 0. The highest BCUT2D eigenvalue weighted by Gasteiger charge is 2.27. The Morgan fingerprint density at radius 1 is 1.75 bits per heavy atom. The lowest BCUT2D eigenvalue weighted by Gasteiger charge is -2.26. The molecule has 0 aromatic rings. The summed E-state index contributed by atoms with van der Waals surface area (Å²) in [5.41, 5.74) is 0. The molecule has 4 nitrogen and oxygen atoms in total. The molecule has 70 valence electrons. The molecule has 0 bridgehead atoms. The van der Waals surface area contributed by atoms with Crippen molar-refractivity contribution in [3.8, 4) is 0 Å². The van der Waals surface area contributed by atoms with Crippen molar-refractivity contribution in [2.24, 2.45) is 0 Å². The van der Waals surface area contributed by atoms with E-state index >= 15 is 0 Å². The summed E-state index contributed by atoms with van der Waals surface area (Å²) in [4.78, 5) is 10.7. The lowest BCUT2D eigenvalue weighted by Crippen LogP contribution is -2.38. The Labute approximate surface area is 71.8 Å². The van der Waals surface area contributed by atoms with Crippen molar-refractivity contribution in [1.29, 1.82) is 0 Å². The predicted molar refractivity (Wildman–Crippen MR) is 43.4 cm³/mol. The van der Waals surface area contributed by atoms with Gasteiger partial charge in [-0.15, -0.1) is 0 Å². The summed E-state index contributed by atoms with van der Waals surface area (Å²) in [5.74, 6) is -1.86. The van der Waals surface area contributed by atoms with E-state index in [1.54, 1.807) is 6.92 Å². The van der Waals surface area contributed by atoms with E-state index < -0.39 is 11.8 Å². The van der Waals surface area contributed by atoms with Crippen LogP contribution in [0.5, 0.6) is 0 Å². The highest BCUT2D eigenvalue weighted by Crippen LogP contribution is 2.11. The summed E-state index contributed by atoms with van der Waals surface area (Å²) < 4.78 is 9.76. The minimum atomic E-state index is -1.25. The fourth-order valence-electron chi connectivity index (χ4n) is 0.667. The van der Waals surface area contributed by atoms with Crippen molar-refractivity contribution < 1.29 is 19.4 Å². The first-order valence-corrected chi connectivity index (χ1v) is 3.68. The van der Waals surface area contributed by atoms with Gasteiger partial charge < -0.3 is 14.6 Å². The van der Waals surface area contributed by atoms with Crippen LogP contribution in [0.2, 0.25) is 0 Å². The molecule has 1 unspecified atom stereocenters. The molecule has 0 aromatic carbocycles. The standard InChI is InChI=1S/C8H14O4/c1-4-7(10)12-8(3,6-9)11-5-2/h4,9H,1,5-6H2,2-3H3. The minimum absolute atomic E-state index is 0.363. The van der Waals surface area contributed by atoms with Gasteiger partial charge in [-0.05, 0) is 6.92 Å². The molecule has 0 fully saturated rings. The zero-order chi connectivity index (χ0) is 9.61. The third kappa shape index (κ3) is 3.50. The molecule has 0 spiro atoms. The van der Waals surface area contributed by atoms with Gasteiger partial charge in [0.05, 0.1) is 0 Å². The highest BCUT2D eigenvalue weighted by molar-refractivity contribution is 5.81. The number of hydrogen-bond donors (Lipinski definition) is 1. The van der Waals surface area contributed by atoms with Gasteiger partial charge in [-0.1, -0.05) is 6.58 Å². The molecule has 0 rings (SSSR count). The van der Waals surface area contributed by atoms with Gasteiger partial charge in [-0.2, -0.15) is 0 Å². The van der Waals surface area contributed by atoms with E-state index in [1.165, 1.54) is 6.92 Å². The molecule has 12 heavy (non-hydrogen) atoms. The molecule has 1 N–H and O–H groups in total. The fraction of sp³-hybridized carbons (Fsp3) is 0.625. The second kappa shape index (κ2) is 4.90. The van der Waals surface area contributed by atoms with Crippen LogP contribution >= 0.6 is 0 Å². The Hall–Kier alpha value is -0.870. The van der Waals surface area contributed by atoms with Gasteiger partial charge in [0.2, 0.25) is 5.79 Å². The van der Waals surface area contributed by atoms with Crippen LogP contribution in [0.15, 0.2) is 12.7 Å². The number of aliphatic hydroxyl groups excluding tert-OH is 1. The number of rotatable bonds is 5. The summed E-state index contributed by atoms with van der Waals surface area (Å²) in [7, 11) is 0. The minimum Gasteiger partial charge on any atom is -0.428 e. The molecule has 0 saturated heterocycles. The number of esters is 1. The Bertz CT molecular complexity index is 166. The quantitative estimate of drug-likeness (QED) is 0.374. The topological polar surface area (TPSA) is 55.8 Å².